The highest BCUT2D eigenvalue weighted by Gasteiger charge is 2.32. The molecule has 0 spiro atoms. The number of benzene rings is 1. The van der Waals surface area contributed by atoms with E-state index in [1.54, 1.807) is 0 Å². The summed E-state index contributed by atoms with van der Waals surface area (Å²) in [6.45, 7) is 0. The molecule has 0 saturated carbocycles. The largest absolute Gasteiger partial charge is 0.411 e. The number of Topliss-reactive ketones (excluding diaryl/α,β-unsaturated/α-hetero) is 1. The molecule has 1 aromatic carbocycles. The van der Waals surface area contributed by atoms with E-state index in [1.807, 2.05) is 0 Å². The third-order valence-electron chi connectivity index (χ3n) is 2.16. The van der Waals surface area contributed by atoms with Crippen LogP contribution in [0.15, 0.2) is 17.3 Å². The molecule has 0 fully saturated rings. The summed E-state index contributed by atoms with van der Waals surface area (Å²) in [5.41, 5.74) is -0.593. The molecular weight excluding hydrogens is 192 g/mol. The molecule has 2 rings (SSSR count). The highest BCUT2D eigenvalue weighted by atomic mass is 19.1. The fourth-order valence-electron chi connectivity index (χ4n) is 1.48. The molecule has 1 aromatic rings. The molecule has 0 radical (unpaired) electrons. The number of oxime groups is 1. The highest BCUT2D eigenvalue weighted by molar-refractivity contribution is 6.49. The van der Waals surface area contributed by atoms with Crippen molar-refractivity contribution in [2.24, 2.45) is 5.16 Å². The van der Waals surface area contributed by atoms with Gasteiger partial charge < -0.3 is 5.21 Å². The Morgan fingerprint density at radius 2 is 1.93 bits per heavy atom. The van der Waals surface area contributed by atoms with Crippen LogP contribution in [0.4, 0.5) is 8.78 Å². The number of halogens is 2. The van der Waals surface area contributed by atoms with Gasteiger partial charge in [0, 0.05) is 12.0 Å². The number of rotatable bonds is 0. The van der Waals surface area contributed by atoms with Crippen molar-refractivity contribution < 1.29 is 18.8 Å². The summed E-state index contributed by atoms with van der Waals surface area (Å²) < 4.78 is 26.2. The number of carbonyl (C=O) groups is 1. The zero-order chi connectivity index (χ0) is 10.3. The predicted octanol–water partition coefficient (Wildman–Crippen LogP) is 1.53. The Labute approximate surface area is 77.7 Å². The Bertz CT molecular complexity index is 454. The monoisotopic (exact) mass is 197 g/mol. The predicted molar refractivity (Wildman–Crippen MR) is 43.6 cm³/mol. The highest BCUT2D eigenvalue weighted by Crippen LogP contribution is 2.25. The average Bonchev–Trinajstić information content (AvgIpc) is 2.51. The van der Waals surface area contributed by atoms with Gasteiger partial charge in [-0.3, -0.25) is 4.79 Å². The molecule has 0 heterocycles. The third-order valence-corrected chi connectivity index (χ3v) is 2.16. The molecule has 3 nitrogen and oxygen atoms in total. The Kier molecular flexibility index (Phi) is 1.80. The van der Waals surface area contributed by atoms with Crippen molar-refractivity contribution in [3.05, 3.63) is 34.9 Å². The Balaban J connectivity index is 2.70. The average molecular weight is 197 g/mol. The maximum Gasteiger partial charge on any atom is 0.214 e. The lowest BCUT2D eigenvalue weighted by atomic mass is 10.1. The van der Waals surface area contributed by atoms with Gasteiger partial charge in [-0.2, -0.15) is 0 Å². The minimum absolute atomic E-state index is 0.0391. The lowest BCUT2D eigenvalue weighted by Crippen LogP contribution is -2.08. The van der Waals surface area contributed by atoms with Crippen LogP contribution in [0.3, 0.4) is 0 Å². The Hall–Kier alpha value is -1.78. The molecule has 0 unspecified atom stereocenters. The molecule has 5 heteroatoms. The lowest BCUT2D eigenvalue weighted by Gasteiger charge is -1.98. The van der Waals surface area contributed by atoms with Crippen molar-refractivity contribution in [2.75, 3.05) is 0 Å². The first-order chi connectivity index (χ1) is 6.65. The summed E-state index contributed by atoms with van der Waals surface area (Å²) in [6.07, 6.45) is -0.158. The maximum absolute atomic E-state index is 13.1. The third kappa shape index (κ3) is 1.02. The number of carbonyl (C=O) groups excluding carboxylic acids is 1. The minimum Gasteiger partial charge on any atom is -0.411 e. The fourth-order valence-corrected chi connectivity index (χ4v) is 1.48. The van der Waals surface area contributed by atoms with E-state index in [9.17, 15) is 13.6 Å². The molecule has 0 aromatic heterocycles. The van der Waals surface area contributed by atoms with Crippen molar-refractivity contribution in [1.82, 2.24) is 0 Å². The van der Waals surface area contributed by atoms with Gasteiger partial charge in [0.2, 0.25) is 5.78 Å². The maximum atomic E-state index is 13.1. The van der Waals surface area contributed by atoms with E-state index in [0.29, 0.717) is 0 Å². The van der Waals surface area contributed by atoms with Crippen molar-refractivity contribution in [3.63, 3.8) is 0 Å². The summed E-state index contributed by atoms with van der Waals surface area (Å²) in [5, 5.41) is 11.1. The van der Waals surface area contributed by atoms with Crippen molar-refractivity contribution in [2.45, 2.75) is 6.42 Å². The summed E-state index contributed by atoms with van der Waals surface area (Å²) in [6, 6.07) is 1.83. The van der Waals surface area contributed by atoms with Crippen LogP contribution in [0, 0.1) is 11.6 Å². The van der Waals surface area contributed by atoms with E-state index >= 15 is 0 Å². The van der Waals surface area contributed by atoms with Crippen molar-refractivity contribution >= 4 is 11.5 Å². The van der Waals surface area contributed by atoms with E-state index in [-0.39, 0.29) is 23.3 Å². The molecule has 0 saturated heterocycles. The van der Waals surface area contributed by atoms with Gasteiger partial charge >= 0.3 is 0 Å². The quantitative estimate of drug-likeness (QED) is 0.506. The second-order valence-corrected chi connectivity index (χ2v) is 2.94. The molecule has 0 amide bonds. The second kappa shape index (κ2) is 2.87. The molecule has 72 valence electrons. The van der Waals surface area contributed by atoms with Gasteiger partial charge in [0.05, 0.1) is 5.56 Å². The van der Waals surface area contributed by atoms with Crippen LogP contribution in [0.2, 0.25) is 0 Å². The van der Waals surface area contributed by atoms with E-state index in [0.717, 1.165) is 12.1 Å². The van der Waals surface area contributed by atoms with E-state index in [1.165, 1.54) is 0 Å². The van der Waals surface area contributed by atoms with Gasteiger partial charge in [0.15, 0.2) is 0 Å². The Morgan fingerprint density at radius 3 is 2.50 bits per heavy atom. The SMILES string of the molecule is O=C1C(=NO)Cc2c(F)ccc(F)c21. The molecular formula is C9H5F2NO2. The van der Waals surface area contributed by atoms with Gasteiger partial charge in [-0.25, -0.2) is 8.78 Å². The first-order valence-corrected chi connectivity index (χ1v) is 3.87. The van der Waals surface area contributed by atoms with Crippen molar-refractivity contribution in [3.8, 4) is 0 Å². The first-order valence-electron chi connectivity index (χ1n) is 3.87. The number of hydrogen-bond acceptors (Lipinski definition) is 3. The van der Waals surface area contributed by atoms with Crippen LogP contribution in [0.25, 0.3) is 0 Å². The number of fused-ring (bicyclic) bond motifs is 1. The van der Waals surface area contributed by atoms with E-state index in [4.69, 9.17) is 5.21 Å². The van der Waals surface area contributed by atoms with Gasteiger partial charge in [-0.05, 0) is 12.1 Å². The van der Waals surface area contributed by atoms with E-state index < -0.39 is 17.4 Å². The molecule has 1 aliphatic rings. The summed E-state index contributed by atoms with van der Waals surface area (Å²) in [4.78, 5) is 11.3. The molecule has 1 aliphatic carbocycles. The zero-order valence-corrected chi connectivity index (χ0v) is 6.92. The van der Waals surface area contributed by atoms with Gasteiger partial charge in [-0.15, -0.1) is 0 Å². The summed E-state index contributed by atoms with van der Waals surface area (Å²) in [7, 11) is 0. The topological polar surface area (TPSA) is 49.7 Å². The van der Waals surface area contributed by atoms with Crippen LogP contribution < -0.4 is 0 Å². The van der Waals surface area contributed by atoms with Crippen LogP contribution in [0.5, 0.6) is 0 Å². The normalized spacial score (nSPS) is 17.6. The minimum atomic E-state index is -0.787. The lowest BCUT2D eigenvalue weighted by molar-refractivity contribution is 0.106. The first kappa shape index (κ1) is 8.80. The second-order valence-electron chi connectivity index (χ2n) is 2.94. The van der Waals surface area contributed by atoms with E-state index in [2.05, 4.69) is 5.16 Å². The van der Waals surface area contributed by atoms with Crippen LogP contribution in [0.1, 0.15) is 15.9 Å². The standard InChI is InChI=1S/C9H5F2NO2/c10-5-1-2-6(11)8-4(5)3-7(12-14)9(8)13/h1-2,14H,3H2. The molecule has 14 heavy (non-hydrogen) atoms. The van der Waals surface area contributed by atoms with Gasteiger partial charge in [-0.1, -0.05) is 5.16 Å². The number of ketones is 1. The smallest absolute Gasteiger partial charge is 0.214 e. The van der Waals surface area contributed by atoms with Crippen molar-refractivity contribution in [1.29, 1.82) is 0 Å². The summed E-state index contributed by atoms with van der Waals surface area (Å²) >= 11 is 0. The van der Waals surface area contributed by atoms with Crippen LogP contribution >= 0.6 is 0 Å². The molecule has 0 bridgehead atoms. The molecule has 0 aliphatic heterocycles. The number of nitrogens with zero attached hydrogens (tertiary/aromatic N) is 1. The molecule has 0 atom stereocenters. The van der Waals surface area contributed by atoms with Gasteiger partial charge in [0.1, 0.15) is 17.3 Å². The van der Waals surface area contributed by atoms with Gasteiger partial charge in [0.25, 0.3) is 0 Å². The Morgan fingerprint density at radius 1 is 1.29 bits per heavy atom. The fraction of sp³-hybridized carbons (Fsp3) is 0.111. The van der Waals surface area contributed by atoms with Crippen LogP contribution in [-0.4, -0.2) is 16.7 Å². The number of hydrogen-bond donors (Lipinski definition) is 1. The zero-order valence-electron chi connectivity index (χ0n) is 6.92. The van der Waals surface area contributed by atoms with Crippen LogP contribution in [-0.2, 0) is 6.42 Å². The summed E-state index contributed by atoms with van der Waals surface area (Å²) in [5.74, 6) is -2.20. The molecule has 1 N–H and O–H groups in total.